The van der Waals surface area contributed by atoms with E-state index < -0.39 is 0 Å². The topological polar surface area (TPSA) is 23.6 Å². The largest absolute Gasteiger partial charge is 0.378 e. The fourth-order valence-corrected chi connectivity index (χ4v) is 2.49. The highest BCUT2D eigenvalue weighted by Crippen LogP contribution is 2.16. The molecule has 0 saturated carbocycles. The van der Waals surface area contributed by atoms with Gasteiger partial charge in [0.1, 0.15) is 0 Å². The predicted octanol–water partition coefficient (Wildman–Crippen LogP) is 3.79. The lowest BCUT2D eigenvalue weighted by molar-refractivity contribution is 0.0785. The quantitative estimate of drug-likeness (QED) is 0.840. The van der Waals surface area contributed by atoms with Crippen molar-refractivity contribution in [3.63, 3.8) is 0 Å². The van der Waals surface area contributed by atoms with E-state index in [-0.39, 0.29) is 5.91 Å². The van der Waals surface area contributed by atoms with Crippen LogP contribution >= 0.6 is 15.9 Å². The first-order valence-electron chi connectivity index (χ1n) is 6.74. The molecule has 2 aromatic rings. The third kappa shape index (κ3) is 4.08. The van der Waals surface area contributed by atoms with Gasteiger partial charge in [-0.15, -0.1) is 0 Å². The molecule has 0 saturated heterocycles. The number of carbonyl (C=O) groups is 1. The molecule has 1 amide bonds. The molecule has 0 aliphatic heterocycles. The molecule has 0 radical (unpaired) electrons. The Labute approximate surface area is 134 Å². The minimum Gasteiger partial charge on any atom is -0.378 e. The molecule has 2 rings (SSSR count). The maximum Gasteiger partial charge on any atom is 0.253 e. The maximum absolute atomic E-state index is 12.4. The summed E-state index contributed by atoms with van der Waals surface area (Å²) >= 11 is 3.39. The molecule has 0 bridgehead atoms. The first-order chi connectivity index (χ1) is 9.97. The Morgan fingerprint density at radius 3 is 2.29 bits per heavy atom. The molecule has 0 fully saturated rings. The van der Waals surface area contributed by atoms with Crippen LogP contribution < -0.4 is 4.90 Å². The molecular weight excluding hydrogens is 328 g/mol. The molecule has 4 heteroatoms. The molecule has 0 atom stereocenters. The Morgan fingerprint density at radius 2 is 1.71 bits per heavy atom. The summed E-state index contributed by atoms with van der Waals surface area (Å²) in [6, 6.07) is 15.7. The standard InChI is InChI=1S/C17H19BrN2O/c1-19(2)16-9-7-13(8-10-16)12-20(3)17(21)14-5-4-6-15(18)11-14/h4-11H,12H2,1-3H3. The molecule has 110 valence electrons. The summed E-state index contributed by atoms with van der Waals surface area (Å²) in [4.78, 5) is 16.2. The average molecular weight is 347 g/mol. The number of rotatable bonds is 4. The summed E-state index contributed by atoms with van der Waals surface area (Å²) in [5.74, 6) is 0.0213. The van der Waals surface area contributed by atoms with Crippen molar-refractivity contribution in [2.45, 2.75) is 6.54 Å². The molecule has 0 N–H and O–H groups in total. The molecule has 0 unspecified atom stereocenters. The highest BCUT2D eigenvalue weighted by Gasteiger charge is 2.12. The lowest BCUT2D eigenvalue weighted by Crippen LogP contribution is -2.26. The summed E-state index contributed by atoms with van der Waals surface area (Å²) in [5.41, 5.74) is 2.96. The fraction of sp³-hybridized carbons (Fsp3) is 0.235. The van der Waals surface area contributed by atoms with Crippen molar-refractivity contribution < 1.29 is 4.79 Å². The Morgan fingerprint density at radius 1 is 1.05 bits per heavy atom. The van der Waals surface area contributed by atoms with Crippen LogP contribution in [0.15, 0.2) is 53.0 Å². The first-order valence-corrected chi connectivity index (χ1v) is 7.54. The number of hydrogen-bond acceptors (Lipinski definition) is 2. The van der Waals surface area contributed by atoms with Gasteiger partial charge in [0.2, 0.25) is 0 Å². The summed E-state index contributed by atoms with van der Waals surface area (Å²) in [6.07, 6.45) is 0. The van der Waals surface area contributed by atoms with E-state index in [1.807, 2.05) is 45.4 Å². The smallest absolute Gasteiger partial charge is 0.253 e. The van der Waals surface area contributed by atoms with E-state index in [9.17, 15) is 4.79 Å². The maximum atomic E-state index is 12.4. The fourth-order valence-electron chi connectivity index (χ4n) is 2.09. The molecule has 0 aliphatic carbocycles. The summed E-state index contributed by atoms with van der Waals surface area (Å²) in [6.45, 7) is 0.596. The van der Waals surface area contributed by atoms with Crippen molar-refractivity contribution in [3.8, 4) is 0 Å². The van der Waals surface area contributed by atoms with Crippen LogP contribution in [0.1, 0.15) is 15.9 Å². The zero-order valence-electron chi connectivity index (χ0n) is 12.5. The van der Waals surface area contributed by atoms with Crippen molar-refractivity contribution in [2.75, 3.05) is 26.0 Å². The number of carbonyl (C=O) groups excluding carboxylic acids is 1. The van der Waals surface area contributed by atoms with Gasteiger partial charge >= 0.3 is 0 Å². The van der Waals surface area contributed by atoms with Crippen molar-refractivity contribution in [1.82, 2.24) is 4.90 Å². The van der Waals surface area contributed by atoms with Gasteiger partial charge in [-0.3, -0.25) is 4.79 Å². The zero-order valence-corrected chi connectivity index (χ0v) is 14.1. The molecule has 0 heterocycles. The Hall–Kier alpha value is -1.81. The lowest BCUT2D eigenvalue weighted by atomic mass is 10.1. The van der Waals surface area contributed by atoms with Gasteiger partial charge in [0.25, 0.3) is 5.91 Å². The number of amides is 1. The van der Waals surface area contributed by atoms with E-state index in [0.29, 0.717) is 12.1 Å². The van der Waals surface area contributed by atoms with Crippen LogP contribution in [0.2, 0.25) is 0 Å². The Balaban J connectivity index is 2.07. The zero-order chi connectivity index (χ0) is 15.4. The summed E-state index contributed by atoms with van der Waals surface area (Å²) in [7, 11) is 5.85. The minimum atomic E-state index is 0.0213. The SMILES string of the molecule is CN(Cc1ccc(N(C)C)cc1)C(=O)c1cccc(Br)c1. The first kappa shape index (κ1) is 15.6. The van der Waals surface area contributed by atoms with Gasteiger partial charge in [-0.25, -0.2) is 0 Å². The van der Waals surface area contributed by atoms with Gasteiger partial charge in [-0.1, -0.05) is 34.1 Å². The van der Waals surface area contributed by atoms with E-state index in [0.717, 1.165) is 15.7 Å². The summed E-state index contributed by atoms with van der Waals surface area (Å²) in [5, 5.41) is 0. The van der Waals surface area contributed by atoms with Crippen molar-refractivity contribution in [1.29, 1.82) is 0 Å². The number of anilines is 1. The van der Waals surface area contributed by atoms with Gasteiger partial charge in [-0.05, 0) is 35.9 Å². The number of benzene rings is 2. The number of nitrogens with zero attached hydrogens (tertiary/aromatic N) is 2. The van der Waals surface area contributed by atoms with Gasteiger partial charge < -0.3 is 9.80 Å². The second-order valence-electron chi connectivity index (χ2n) is 5.23. The van der Waals surface area contributed by atoms with Crippen LogP contribution in [0.5, 0.6) is 0 Å². The molecule has 2 aromatic carbocycles. The Bertz CT molecular complexity index is 623. The van der Waals surface area contributed by atoms with Crippen LogP contribution in [0.25, 0.3) is 0 Å². The van der Waals surface area contributed by atoms with Crippen molar-refractivity contribution >= 4 is 27.5 Å². The highest BCUT2D eigenvalue weighted by molar-refractivity contribution is 9.10. The normalized spacial score (nSPS) is 10.3. The summed E-state index contributed by atoms with van der Waals surface area (Å²) < 4.78 is 0.914. The molecule has 0 aromatic heterocycles. The number of halogens is 1. The van der Waals surface area contributed by atoms with Crippen LogP contribution in [0.4, 0.5) is 5.69 Å². The van der Waals surface area contributed by atoms with E-state index in [1.54, 1.807) is 4.90 Å². The Kier molecular flexibility index (Phi) is 5.02. The lowest BCUT2D eigenvalue weighted by Gasteiger charge is -2.18. The van der Waals surface area contributed by atoms with E-state index >= 15 is 0 Å². The molecule has 0 spiro atoms. The van der Waals surface area contributed by atoms with Crippen molar-refractivity contribution in [3.05, 3.63) is 64.1 Å². The van der Waals surface area contributed by atoms with Crippen LogP contribution in [0, 0.1) is 0 Å². The molecule has 3 nitrogen and oxygen atoms in total. The van der Waals surface area contributed by atoms with Gasteiger partial charge in [-0.2, -0.15) is 0 Å². The van der Waals surface area contributed by atoms with Gasteiger partial charge in [0.15, 0.2) is 0 Å². The van der Waals surface area contributed by atoms with E-state index in [4.69, 9.17) is 0 Å². The second-order valence-corrected chi connectivity index (χ2v) is 6.15. The van der Waals surface area contributed by atoms with Crippen molar-refractivity contribution in [2.24, 2.45) is 0 Å². The highest BCUT2D eigenvalue weighted by atomic mass is 79.9. The molecular formula is C17H19BrN2O. The minimum absolute atomic E-state index is 0.0213. The monoisotopic (exact) mass is 346 g/mol. The van der Waals surface area contributed by atoms with Gasteiger partial charge in [0.05, 0.1) is 0 Å². The number of hydrogen-bond donors (Lipinski definition) is 0. The molecule has 0 aliphatic rings. The van der Waals surface area contributed by atoms with E-state index in [2.05, 4.69) is 45.1 Å². The van der Waals surface area contributed by atoms with Gasteiger partial charge in [0, 0.05) is 43.4 Å². The third-order valence-corrected chi connectivity index (χ3v) is 3.78. The van der Waals surface area contributed by atoms with Crippen LogP contribution in [0.3, 0.4) is 0 Å². The van der Waals surface area contributed by atoms with Crippen LogP contribution in [-0.2, 0) is 6.54 Å². The van der Waals surface area contributed by atoms with Crippen LogP contribution in [-0.4, -0.2) is 32.0 Å². The predicted molar refractivity (Wildman–Crippen MR) is 90.7 cm³/mol. The van der Waals surface area contributed by atoms with E-state index in [1.165, 1.54) is 0 Å². The molecule has 21 heavy (non-hydrogen) atoms. The average Bonchev–Trinajstić information content (AvgIpc) is 2.47. The third-order valence-electron chi connectivity index (χ3n) is 3.29. The second kappa shape index (κ2) is 6.76.